The second-order valence-electron chi connectivity index (χ2n) is 4.00. The smallest absolute Gasteiger partial charge is 0.133 e. The minimum Gasteiger partial charge on any atom is -0.496 e. The maximum absolute atomic E-state index is 5.18. The van der Waals surface area contributed by atoms with Crippen LogP contribution in [0.5, 0.6) is 5.75 Å². The molecule has 0 atom stereocenters. The molecule has 88 valence electrons. The topological polar surface area (TPSA) is 33.3 Å². The molecule has 0 radical (unpaired) electrons. The number of hydrogen-bond acceptors (Lipinski definition) is 3. The van der Waals surface area contributed by atoms with Gasteiger partial charge in [-0.3, -0.25) is 0 Å². The normalized spacial score (nSPS) is 14.9. The molecule has 1 aromatic rings. The summed E-state index contributed by atoms with van der Waals surface area (Å²) in [5.41, 5.74) is 1.12. The van der Waals surface area contributed by atoms with Crippen molar-refractivity contribution in [3.05, 3.63) is 22.7 Å². The van der Waals surface area contributed by atoms with Crippen molar-refractivity contribution >= 4 is 21.6 Å². The van der Waals surface area contributed by atoms with Crippen LogP contribution in [0.2, 0.25) is 0 Å². The van der Waals surface area contributed by atoms with Gasteiger partial charge in [-0.05, 0) is 47.0 Å². The van der Waals surface area contributed by atoms with Crippen molar-refractivity contribution in [2.45, 2.75) is 18.9 Å². The third-order valence-corrected chi connectivity index (χ3v) is 3.24. The highest BCUT2D eigenvalue weighted by Gasteiger charge is 2.19. The molecule has 1 aromatic carbocycles. The first-order valence-electron chi connectivity index (χ1n) is 5.60. The van der Waals surface area contributed by atoms with E-state index in [1.165, 1.54) is 12.8 Å². The summed E-state index contributed by atoms with van der Waals surface area (Å²) in [6.45, 7) is 1.98. The molecule has 0 heterocycles. The van der Waals surface area contributed by atoms with Gasteiger partial charge in [0.15, 0.2) is 0 Å². The fourth-order valence-electron chi connectivity index (χ4n) is 1.55. The zero-order valence-electron chi connectivity index (χ0n) is 9.42. The lowest BCUT2D eigenvalue weighted by molar-refractivity contribution is 0.412. The maximum atomic E-state index is 5.18. The minimum absolute atomic E-state index is 0.782. The second kappa shape index (κ2) is 5.55. The van der Waals surface area contributed by atoms with Crippen LogP contribution in [0.15, 0.2) is 22.7 Å². The van der Waals surface area contributed by atoms with E-state index >= 15 is 0 Å². The summed E-state index contributed by atoms with van der Waals surface area (Å²) in [5.74, 6) is 0.863. The molecule has 1 fully saturated rings. The van der Waals surface area contributed by atoms with Crippen molar-refractivity contribution in [2.75, 3.05) is 25.5 Å². The number of halogens is 1. The van der Waals surface area contributed by atoms with Crippen LogP contribution in [-0.2, 0) is 0 Å². The number of nitrogens with one attached hydrogen (secondary N) is 2. The number of benzene rings is 1. The molecule has 2 rings (SSSR count). The van der Waals surface area contributed by atoms with Gasteiger partial charge in [0.25, 0.3) is 0 Å². The van der Waals surface area contributed by atoms with Crippen LogP contribution in [0, 0.1) is 0 Å². The Bertz CT molecular complexity index is 353. The summed E-state index contributed by atoms with van der Waals surface area (Å²) in [6, 6.07) is 6.81. The van der Waals surface area contributed by atoms with Gasteiger partial charge in [0.1, 0.15) is 5.75 Å². The first-order valence-corrected chi connectivity index (χ1v) is 6.39. The Balaban J connectivity index is 1.77. The predicted molar refractivity (Wildman–Crippen MR) is 70.2 cm³/mol. The van der Waals surface area contributed by atoms with E-state index in [-0.39, 0.29) is 0 Å². The zero-order chi connectivity index (χ0) is 11.4. The number of anilines is 1. The van der Waals surface area contributed by atoms with Crippen LogP contribution in [0.4, 0.5) is 5.69 Å². The van der Waals surface area contributed by atoms with Gasteiger partial charge in [-0.25, -0.2) is 0 Å². The van der Waals surface area contributed by atoms with E-state index in [9.17, 15) is 0 Å². The van der Waals surface area contributed by atoms with Crippen LogP contribution < -0.4 is 15.4 Å². The van der Waals surface area contributed by atoms with Gasteiger partial charge in [0, 0.05) is 24.8 Å². The van der Waals surface area contributed by atoms with Crippen LogP contribution in [0.3, 0.4) is 0 Å². The number of hydrogen-bond donors (Lipinski definition) is 2. The quantitative estimate of drug-likeness (QED) is 0.788. The van der Waals surface area contributed by atoms with Gasteiger partial charge in [0.2, 0.25) is 0 Å². The summed E-state index contributed by atoms with van der Waals surface area (Å²) < 4.78 is 6.16. The van der Waals surface area contributed by atoms with Gasteiger partial charge < -0.3 is 15.4 Å². The number of ether oxygens (including phenoxy) is 1. The standard InChI is InChI=1S/C12H17BrN2O/c1-16-12-5-4-10(8-11(12)13)15-7-6-14-9-2-3-9/h4-5,8-9,14-15H,2-3,6-7H2,1H3. The summed E-state index contributed by atoms with van der Waals surface area (Å²) in [4.78, 5) is 0. The first kappa shape index (κ1) is 11.7. The average molecular weight is 285 g/mol. The largest absolute Gasteiger partial charge is 0.496 e. The van der Waals surface area contributed by atoms with Gasteiger partial charge in [-0.15, -0.1) is 0 Å². The van der Waals surface area contributed by atoms with E-state index in [1.807, 2.05) is 18.2 Å². The Hall–Kier alpha value is -0.740. The molecular weight excluding hydrogens is 268 g/mol. The fraction of sp³-hybridized carbons (Fsp3) is 0.500. The van der Waals surface area contributed by atoms with E-state index in [2.05, 4.69) is 26.6 Å². The Morgan fingerprint density at radius 2 is 2.19 bits per heavy atom. The monoisotopic (exact) mass is 284 g/mol. The summed E-state index contributed by atoms with van der Waals surface area (Å²) in [7, 11) is 1.67. The van der Waals surface area contributed by atoms with Crippen molar-refractivity contribution < 1.29 is 4.74 Å². The van der Waals surface area contributed by atoms with Crippen molar-refractivity contribution in [1.82, 2.24) is 5.32 Å². The molecule has 0 bridgehead atoms. The highest BCUT2D eigenvalue weighted by atomic mass is 79.9. The van der Waals surface area contributed by atoms with E-state index in [4.69, 9.17) is 4.74 Å². The third-order valence-electron chi connectivity index (χ3n) is 2.62. The molecular formula is C12H17BrN2O. The Morgan fingerprint density at radius 3 is 2.81 bits per heavy atom. The maximum Gasteiger partial charge on any atom is 0.133 e. The lowest BCUT2D eigenvalue weighted by atomic mass is 10.3. The fourth-order valence-corrected chi connectivity index (χ4v) is 2.09. The molecule has 0 aliphatic heterocycles. The number of methoxy groups -OCH3 is 1. The van der Waals surface area contributed by atoms with Crippen LogP contribution in [-0.4, -0.2) is 26.2 Å². The molecule has 1 saturated carbocycles. The van der Waals surface area contributed by atoms with Crippen LogP contribution in [0.1, 0.15) is 12.8 Å². The molecule has 0 saturated heterocycles. The van der Waals surface area contributed by atoms with Gasteiger partial charge >= 0.3 is 0 Å². The molecule has 4 heteroatoms. The van der Waals surface area contributed by atoms with E-state index in [1.54, 1.807) is 7.11 Å². The number of rotatable bonds is 6. The lowest BCUT2D eigenvalue weighted by Crippen LogP contribution is -2.23. The molecule has 0 aromatic heterocycles. The van der Waals surface area contributed by atoms with E-state index in [0.717, 1.165) is 35.0 Å². The third kappa shape index (κ3) is 3.39. The molecule has 2 N–H and O–H groups in total. The molecule has 3 nitrogen and oxygen atoms in total. The summed E-state index contributed by atoms with van der Waals surface area (Å²) in [6.07, 6.45) is 2.68. The molecule has 16 heavy (non-hydrogen) atoms. The average Bonchev–Trinajstić information content (AvgIpc) is 3.08. The molecule has 1 aliphatic rings. The van der Waals surface area contributed by atoms with E-state index in [0.29, 0.717) is 0 Å². The minimum atomic E-state index is 0.782. The SMILES string of the molecule is COc1ccc(NCCNC2CC2)cc1Br. The molecule has 0 spiro atoms. The van der Waals surface area contributed by atoms with Crippen molar-refractivity contribution in [2.24, 2.45) is 0 Å². The van der Waals surface area contributed by atoms with Gasteiger partial charge in [-0.1, -0.05) is 0 Å². The predicted octanol–water partition coefficient (Wildman–Crippen LogP) is 2.62. The Morgan fingerprint density at radius 1 is 1.38 bits per heavy atom. The molecule has 0 unspecified atom stereocenters. The van der Waals surface area contributed by atoms with Crippen LogP contribution in [0.25, 0.3) is 0 Å². The molecule has 1 aliphatic carbocycles. The highest BCUT2D eigenvalue weighted by molar-refractivity contribution is 9.10. The zero-order valence-corrected chi connectivity index (χ0v) is 11.0. The molecule has 0 amide bonds. The van der Waals surface area contributed by atoms with Crippen LogP contribution >= 0.6 is 15.9 Å². The summed E-state index contributed by atoms with van der Waals surface area (Å²) >= 11 is 3.47. The lowest BCUT2D eigenvalue weighted by Gasteiger charge is -2.09. The highest BCUT2D eigenvalue weighted by Crippen LogP contribution is 2.27. The second-order valence-corrected chi connectivity index (χ2v) is 4.86. The van der Waals surface area contributed by atoms with Crippen molar-refractivity contribution in [3.8, 4) is 5.75 Å². The van der Waals surface area contributed by atoms with Gasteiger partial charge in [0.05, 0.1) is 11.6 Å². The summed E-state index contributed by atoms with van der Waals surface area (Å²) in [5, 5.41) is 6.84. The Kier molecular flexibility index (Phi) is 4.07. The van der Waals surface area contributed by atoms with Crippen molar-refractivity contribution in [1.29, 1.82) is 0 Å². The van der Waals surface area contributed by atoms with Gasteiger partial charge in [-0.2, -0.15) is 0 Å². The first-order chi connectivity index (χ1) is 7.79. The van der Waals surface area contributed by atoms with Crippen molar-refractivity contribution in [3.63, 3.8) is 0 Å². The Labute approximate surface area is 105 Å². The van der Waals surface area contributed by atoms with E-state index < -0.39 is 0 Å².